The second-order valence-corrected chi connectivity index (χ2v) is 7.42. The van der Waals surface area contributed by atoms with Crippen LogP contribution in [0.2, 0.25) is 0 Å². The highest BCUT2D eigenvalue weighted by Crippen LogP contribution is 2.28. The fourth-order valence-electron chi connectivity index (χ4n) is 3.23. The molecular formula is C20H28N2O3. The van der Waals surface area contributed by atoms with Crippen LogP contribution in [0.5, 0.6) is 5.75 Å². The van der Waals surface area contributed by atoms with Gasteiger partial charge in [0.25, 0.3) is 5.91 Å². The van der Waals surface area contributed by atoms with Crippen LogP contribution in [0.3, 0.4) is 0 Å². The SMILES string of the molecule is CC(C)C(=O)N[C@@H]1CCCN(C(=O)c2ccccc2OC2CCC2)C1. The van der Waals surface area contributed by atoms with Crippen LogP contribution in [0, 0.1) is 5.92 Å². The molecule has 1 N–H and O–H groups in total. The summed E-state index contributed by atoms with van der Waals surface area (Å²) >= 11 is 0. The first-order valence-corrected chi connectivity index (χ1v) is 9.40. The van der Waals surface area contributed by atoms with E-state index >= 15 is 0 Å². The number of rotatable bonds is 5. The van der Waals surface area contributed by atoms with Crippen LogP contribution in [0.1, 0.15) is 56.3 Å². The molecule has 1 heterocycles. The van der Waals surface area contributed by atoms with Crippen molar-refractivity contribution in [3.8, 4) is 5.75 Å². The van der Waals surface area contributed by atoms with Crippen LogP contribution < -0.4 is 10.1 Å². The van der Waals surface area contributed by atoms with Crippen molar-refractivity contribution in [2.24, 2.45) is 5.92 Å². The summed E-state index contributed by atoms with van der Waals surface area (Å²) in [7, 11) is 0. The Kier molecular flexibility index (Phi) is 5.61. The second kappa shape index (κ2) is 7.89. The number of nitrogens with zero attached hydrogens (tertiary/aromatic N) is 1. The molecule has 3 rings (SSSR count). The largest absolute Gasteiger partial charge is 0.490 e. The molecule has 2 amide bonds. The highest BCUT2D eigenvalue weighted by atomic mass is 16.5. The first kappa shape index (κ1) is 17.8. The Morgan fingerprint density at radius 2 is 1.92 bits per heavy atom. The van der Waals surface area contributed by atoms with E-state index < -0.39 is 0 Å². The van der Waals surface area contributed by atoms with Crippen molar-refractivity contribution in [1.29, 1.82) is 0 Å². The van der Waals surface area contributed by atoms with Gasteiger partial charge >= 0.3 is 0 Å². The molecule has 2 aliphatic rings. The quantitative estimate of drug-likeness (QED) is 0.893. The highest BCUT2D eigenvalue weighted by molar-refractivity contribution is 5.97. The van der Waals surface area contributed by atoms with Crippen molar-refractivity contribution < 1.29 is 14.3 Å². The molecule has 1 saturated heterocycles. The summed E-state index contributed by atoms with van der Waals surface area (Å²) in [6.07, 6.45) is 5.39. The zero-order chi connectivity index (χ0) is 17.8. The van der Waals surface area contributed by atoms with E-state index in [1.807, 2.05) is 43.0 Å². The minimum absolute atomic E-state index is 0.00146. The van der Waals surface area contributed by atoms with Gasteiger partial charge in [-0.3, -0.25) is 9.59 Å². The number of carbonyl (C=O) groups is 2. The standard InChI is InChI=1S/C20H28N2O3/c1-14(2)19(23)21-15-7-6-12-22(13-15)20(24)17-10-3-4-11-18(17)25-16-8-5-9-16/h3-4,10-11,14-16H,5-9,12-13H2,1-2H3,(H,21,23)/t15-/m1/s1. The van der Waals surface area contributed by atoms with Gasteiger partial charge in [0.05, 0.1) is 11.7 Å². The summed E-state index contributed by atoms with van der Waals surface area (Å²) in [6.45, 7) is 5.06. The predicted octanol–water partition coefficient (Wildman–Crippen LogP) is 2.99. The zero-order valence-electron chi connectivity index (χ0n) is 15.2. The van der Waals surface area contributed by atoms with E-state index in [0.29, 0.717) is 17.9 Å². The topological polar surface area (TPSA) is 58.6 Å². The number of hydrogen-bond donors (Lipinski definition) is 1. The van der Waals surface area contributed by atoms with Gasteiger partial charge in [-0.25, -0.2) is 0 Å². The average Bonchev–Trinajstić information content (AvgIpc) is 2.58. The van der Waals surface area contributed by atoms with Crippen LogP contribution in [0.15, 0.2) is 24.3 Å². The number of amides is 2. The Morgan fingerprint density at radius 3 is 2.60 bits per heavy atom. The average molecular weight is 344 g/mol. The third-order valence-corrected chi connectivity index (χ3v) is 5.04. The van der Waals surface area contributed by atoms with Gasteiger partial charge in [-0.15, -0.1) is 0 Å². The van der Waals surface area contributed by atoms with Crippen LogP contribution in [0.25, 0.3) is 0 Å². The highest BCUT2D eigenvalue weighted by Gasteiger charge is 2.28. The van der Waals surface area contributed by atoms with E-state index in [-0.39, 0.29) is 29.9 Å². The lowest BCUT2D eigenvalue weighted by Gasteiger charge is -2.34. The molecule has 0 radical (unpaired) electrons. The smallest absolute Gasteiger partial charge is 0.257 e. The van der Waals surface area contributed by atoms with Crippen molar-refractivity contribution in [3.63, 3.8) is 0 Å². The minimum atomic E-state index is -0.0392. The number of piperidine rings is 1. The summed E-state index contributed by atoms with van der Waals surface area (Å²) in [5, 5.41) is 3.06. The van der Waals surface area contributed by atoms with E-state index in [9.17, 15) is 9.59 Å². The van der Waals surface area contributed by atoms with Gasteiger partial charge in [-0.1, -0.05) is 26.0 Å². The van der Waals surface area contributed by atoms with Crippen molar-refractivity contribution in [2.75, 3.05) is 13.1 Å². The lowest BCUT2D eigenvalue weighted by molar-refractivity contribution is -0.125. The summed E-state index contributed by atoms with van der Waals surface area (Å²) < 4.78 is 6.00. The van der Waals surface area contributed by atoms with Crippen LogP contribution >= 0.6 is 0 Å². The number of nitrogens with one attached hydrogen (secondary N) is 1. The zero-order valence-corrected chi connectivity index (χ0v) is 15.2. The van der Waals surface area contributed by atoms with E-state index in [0.717, 1.165) is 32.2 Å². The van der Waals surface area contributed by atoms with E-state index in [1.165, 1.54) is 6.42 Å². The Labute approximate surface area is 149 Å². The molecule has 1 saturated carbocycles. The molecule has 2 fully saturated rings. The Bertz CT molecular complexity index is 625. The molecule has 0 spiro atoms. The van der Waals surface area contributed by atoms with Crippen molar-refractivity contribution >= 4 is 11.8 Å². The van der Waals surface area contributed by atoms with Gasteiger partial charge in [0.2, 0.25) is 5.91 Å². The van der Waals surface area contributed by atoms with Gasteiger partial charge in [-0.05, 0) is 44.2 Å². The normalized spacial score (nSPS) is 20.9. The number of para-hydroxylation sites is 1. The fraction of sp³-hybridized carbons (Fsp3) is 0.600. The second-order valence-electron chi connectivity index (χ2n) is 7.42. The van der Waals surface area contributed by atoms with E-state index in [2.05, 4.69) is 5.32 Å². The summed E-state index contributed by atoms with van der Waals surface area (Å²) in [5.74, 6) is 0.694. The number of likely N-dealkylation sites (tertiary alicyclic amines) is 1. The third kappa shape index (κ3) is 4.33. The number of benzene rings is 1. The molecule has 5 nitrogen and oxygen atoms in total. The number of hydrogen-bond acceptors (Lipinski definition) is 3. The Hall–Kier alpha value is -2.04. The van der Waals surface area contributed by atoms with Gasteiger partial charge in [-0.2, -0.15) is 0 Å². The number of ether oxygens (including phenoxy) is 1. The summed E-state index contributed by atoms with van der Waals surface area (Å²) in [6, 6.07) is 7.54. The van der Waals surface area contributed by atoms with Crippen molar-refractivity contribution in [3.05, 3.63) is 29.8 Å². The summed E-state index contributed by atoms with van der Waals surface area (Å²) in [5.41, 5.74) is 0.630. The Balaban J connectivity index is 1.67. The first-order valence-electron chi connectivity index (χ1n) is 9.40. The van der Waals surface area contributed by atoms with Crippen LogP contribution in [-0.4, -0.2) is 41.9 Å². The Morgan fingerprint density at radius 1 is 1.16 bits per heavy atom. The first-order chi connectivity index (χ1) is 12.0. The monoisotopic (exact) mass is 344 g/mol. The lowest BCUT2D eigenvalue weighted by atomic mass is 9.96. The maximum atomic E-state index is 13.0. The predicted molar refractivity (Wildman–Crippen MR) is 96.6 cm³/mol. The minimum Gasteiger partial charge on any atom is -0.490 e. The molecule has 5 heteroatoms. The van der Waals surface area contributed by atoms with Crippen LogP contribution in [0.4, 0.5) is 0 Å². The van der Waals surface area contributed by atoms with Crippen molar-refractivity contribution in [1.82, 2.24) is 10.2 Å². The van der Waals surface area contributed by atoms with E-state index in [1.54, 1.807) is 0 Å². The fourth-order valence-corrected chi connectivity index (χ4v) is 3.23. The van der Waals surface area contributed by atoms with Gasteiger partial charge in [0.1, 0.15) is 5.75 Å². The van der Waals surface area contributed by atoms with Gasteiger partial charge in [0.15, 0.2) is 0 Å². The van der Waals surface area contributed by atoms with Crippen molar-refractivity contribution in [2.45, 2.75) is 58.1 Å². The molecule has 1 aromatic rings. The lowest BCUT2D eigenvalue weighted by Crippen LogP contribution is -2.50. The molecule has 1 aliphatic carbocycles. The molecule has 0 unspecified atom stereocenters. The summed E-state index contributed by atoms with van der Waals surface area (Å²) in [4.78, 5) is 26.8. The van der Waals surface area contributed by atoms with Gasteiger partial charge in [0, 0.05) is 25.0 Å². The molecule has 0 bridgehead atoms. The van der Waals surface area contributed by atoms with Crippen LogP contribution in [-0.2, 0) is 4.79 Å². The molecule has 0 aromatic heterocycles. The molecule has 1 aliphatic heterocycles. The van der Waals surface area contributed by atoms with E-state index in [4.69, 9.17) is 4.74 Å². The van der Waals surface area contributed by atoms with Gasteiger partial charge < -0.3 is 15.0 Å². The molecule has 25 heavy (non-hydrogen) atoms. The molecule has 1 aromatic carbocycles. The number of carbonyl (C=O) groups excluding carboxylic acids is 2. The maximum absolute atomic E-state index is 13.0. The molecule has 136 valence electrons. The molecular weight excluding hydrogens is 316 g/mol. The third-order valence-electron chi connectivity index (χ3n) is 5.04. The maximum Gasteiger partial charge on any atom is 0.257 e. The molecule has 1 atom stereocenters.